The number of aromatic nitrogens is 4. The number of halogens is 1. The fourth-order valence-electron chi connectivity index (χ4n) is 5.51. The molecule has 0 amide bonds. The number of benzene rings is 2. The van der Waals surface area contributed by atoms with E-state index in [1.165, 1.54) is 0 Å². The molecule has 220 valence electrons. The van der Waals surface area contributed by atoms with Crippen LogP contribution in [0.15, 0.2) is 54.9 Å². The van der Waals surface area contributed by atoms with Crippen molar-refractivity contribution in [3.05, 3.63) is 76.7 Å². The van der Waals surface area contributed by atoms with Crippen molar-refractivity contribution in [1.29, 1.82) is 5.26 Å². The Kier molecular flexibility index (Phi) is 8.60. The lowest BCUT2D eigenvalue weighted by molar-refractivity contribution is 0.0866. The first-order valence-electron chi connectivity index (χ1n) is 14.7. The predicted octanol–water partition coefficient (Wildman–Crippen LogP) is 7.28. The van der Waals surface area contributed by atoms with Crippen LogP contribution in [-0.2, 0) is 0 Å². The van der Waals surface area contributed by atoms with Crippen LogP contribution < -0.4 is 10.6 Å². The molecule has 2 N–H and O–H groups in total. The Bertz CT molecular complexity index is 1570. The van der Waals surface area contributed by atoms with Crippen molar-refractivity contribution in [3.63, 3.8) is 0 Å². The normalized spacial score (nSPS) is 15.9. The van der Waals surface area contributed by atoms with Gasteiger partial charge in [-0.15, -0.1) is 5.10 Å². The van der Waals surface area contributed by atoms with Crippen molar-refractivity contribution in [2.75, 3.05) is 29.9 Å². The van der Waals surface area contributed by atoms with Gasteiger partial charge in [-0.2, -0.15) is 5.26 Å². The van der Waals surface area contributed by atoms with E-state index in [9.17, 15) is 5.26 Å². The largest absolute Gasteiger partial charge is 0.386 e. The third kappa shape index (κ3) is 6.78. The highest BCUT2D eigenvalue weighted by Crippen LogP contribution is 2.36. The van der Waals surface area contributed by atoms with Gasteiger partial charge >= 0.3 is 0 Å². The Morgan fingerprint density at radius 1 is 1.12 bits per heavy atom. The summed E-state index contributed by atoms with van der Waals surface area (Å²) in [5, 5.41) is 27.7. The average molecular weight is 601 g/mol. The molecule has 1 aliphatic heterocycles. The van der Waals surface area contributed by atoms with E-state index >= 15 is 0 Å². The van der Waals surface area contributed by atoms with Crippen LogP contribution in [0, 0.1) is 11.3 Å². The van der Waals surface area contributed by atoms with Crippen LogP contribution in [0.3, 0.4) is 0 Å². The summed E-state index contributed by atoms with van der Waals surface area (Å²) in [7, 11) is -1.44. The number of nitriles is 1. The molecule has 0 bridgehead atoms. The molecular weight excluding hydrogens is 560 g/mol. The van der Waals surface area contributed by atoms with Gasteiger partial charge in [0, 0.05) is 42.1 Å². The molecule has 1 fully saturated rings. The first-order chi connectivity index (χ1) is 19.9. The first-order valence-corrected chi connectivity index (χ1v) is 18.8. The summed E-state index contributed by atoms with van der Waals surface area (Å²) < 4.78 is 2.04. The number of nitrogens with one attached hydrogen (secondary N) is 2. The smallest absolute Gasteiger partial charge is 0.109 e. The number of rotatable bonds is 8. The van der Waals surface area contributed by atoms with E-state index in [2.05, 4.69) is 95.6 Å². The standard InChI is InChI=1S/C32H41ClN8Si/c1-32(2,3)40-14-12-25(13-15-40)41-20-28(38-39-41)30(22-10-8-7-9-11-22)37-24-16-26-29(36-21-42(4,5)6)23(18-34)19-35-31(26)27(33)17-24/h7-11,16-17,19-20,25,30,37H,12-15,21H2,1-6H3,(H,35,36)/t30-/m0/s1. The van der Waals surface area contributed by atoms with Crippen LogP contribution in [0.1, 0.15) is 62.5 Å². The molecule has 5 rings (SSSR count). The average Bonchev–Trinajstić information content (AvgIpc) is 3.44. The number of likely N-dealkylation sites (tertiary alicyclic amines) is 1. The molecule has 0 aliphatic carbocycles. The van der Waals surface area contributed by atoms with Crippen molar-refractivity contribution in [2.24, 2.45) is 0 Å². The zero-order valence-electron chi connectivity index (χ0n) is 25.4. The van der Waals surface area contributed by atoms with Crippen LogP contribution in [-0.4, -0.2) is 57.7 Å². The first kappa shape index (κ1) is 30.0. The fraction of sp³-hybridized carbons (Fsp3) is 0.438. The van der Waals surface area contributed by atoms with Gasteiger partial charge in [0.1, 0.15) is 11.8 Å². The molecule has 2 aromatic carbocycles. The minimum atomic E-state index is -1.44. The van der Waals surface area contributed by atoms with Gasteiger partial charge in [0.25, 0.3) is 0 Å². The number of pyridine rings is 1. The van der Waals surface area contributed by atoms with E-state index in [4.69, 9.17) is 11.6 Å². The highest BCUT2D eigenvalue weighted by molar-refractivity contribution is 6.76. The van der Waals surface area contributed by atoms with E-state index in [0.29, 0.717) is 22.1 Å². The van der Waals surface area contributed by atoms with Crippen molar-refractivity contribution in [3.8, 4) is 6.07 Å². The molecule has 0 saturated carbocycles. The second kappa shape index (κ2) is 12.0. The summed E-state index contributed by atoms with van der Waals surface area (Å²) in [4.78, 5) is 7.07. The summed E-state index contributed by atoms with van der Waals surface area (Å²) in [6.45, 7) is 15.8. The maximum atomic E-state index is 9.87. The highest BCUT2D eigenvalue weighted by Gasteiger charge is 2.29. The summed E-state index contributed by atoms with van der Waals surface area (Å²) in [6, 6.07) is 16.6. The molecule has 4 aromatic rings. The highest BCUT2D eigenvalue weighted by atomic mass is 35.5. The molecule has 10 heteroatoms. The van der Waals surface area contributed by atoms with E-state index < -0.39 is 8.07 Å². The quantitative estimate of drug-likeness (QED) is 0.205. The van der Waals surface area contributed by atoms with Crippen molar-refractivity contribution in [1.82, 2.24) is 24.9 Å². The molecule has 0 radical (unpaired) electrons. The number of nitrogens with zero attached hydrogens (tertiary/aromatic N) is 6. The Labute approximate surface area is 255 Å². The lowest BCUT2D eigenvalue weighted by Gasteiger charge is -2.40. The second-order valence-electron chi connectivity index (χ2n) is 13.4. The number of anilines is 2. The van der Waals surface area contributed by atoms with Gasteiger partial charge in [-0.05, 0) is 51.3 Å². The maximum Gasteiger partial charge on any atom is 0.109 e. The van der Waals surface area contributed by atoms with Crippen LogP contribution in [0.4, 0.5) is 11.4 Å². The second-order valence-corrected chi connectivity index (χ2v) is 19.3. The number of piperidine rings is 1. The van der Waals surface area contributed by atoms with E-state index in [1.54, 1.807) is 6.20 Å². The van der Waals surface area contributed by atoms with Gasteiger partial charge in [-0.3, -0.25) is 9.88 Å². The van der Waals surface area contributed by atoms with Crippen molar-refractivity contribution >= 4 is 42.0 Å². The number of fused-ring (bicyclic) bond motifs is 1. The van der Waals surface area contributed by atoms with Gasteiger partial charge < -0.3 is 10.6 Å². The molecule has 3 heterocycles. The monoisotopic (exact) mass is 600 g/mol. The van der Waals surface area contributed by atoms with Crippen molar-refractivity contribution in [2.45, 2.75) is 70.9 Å². The maximum absolute atomic E-state index is 9.87. The minimum Gasteiger partial charge on any atom is -0.386 e. The van der Waals surface area contributed by atoms with Crippen LogP contribution >= 0.6 is 11.6 Å². The Hall–Kier alpha value is -3.45. The third-order valence-corrected chi connectivity index (χ3v) is 9.42. The topological polar surface area (TPSA) is 94.7 Å². The summed E-state index contributed by atoms with van der Waals surface area (Å²) >= 11 is 6.80. The molecule has 42 heavy (non-hydrogen) atoms. The SMILES string of the molecule is CC(C)(C)N1CCC(n2cc([C@@H](Nc3cc(Cl)c4ncc(C#N)c(NC[Si](C)(C)C)c4c3)c3ccccc3)nn2)CC1. The Balaban J connectivity index is 1.48. The molecule has 2 aromatic heterocycles. The summed E-state index contributed by atoms with van der Waals surface area (Å²) in [6.07, 6.45) is 6.61. The molecule has 1 atom stereocenters. The van der Waals surface area contributed by atoms with Crippen LogP contribution in [0.5, 0.6) is 0 Å². The third-order valence-electron chi connectivity index (χ3n) is 7.90. The van der Waals surface area contributed by atoms with Gasteiger partial charge in [-0.1, -0.05) is 66.8 Å². The number of hydrogen-bond acceptors (Lipinski definition) is 7. The van der Waals surface area contributed by atoms with E-state index in [1.807, 2.05) is 35.0 Å². The van der Waals surface area contributed by atoms with Gasteiger partial charge in [0.2, 0.25) is 0 Å². The molecule has 0 spiro atoms. The predicted molar refractivity (Wildman–Crippen MR) is 175 cm³/mol. The Morgan fingerprint density at radius 2 is 1.83 bits per heavy atom. The molecule has 8 nitrogen and oxygen atoms in total. The molecule has 1 aliphatic rings. The van der Waals surface area contributed by atoms with Crippen LogP contribution in [0.2, 0.25) is 24.7 Å². The van der Waals surface area contributed by atoms with Crippen molar-refractivity contribution < 1.29 is 0 Å². The fourth-order valence-corrected chi connectivity index (χ4v) is 6.49. The zero-order chi connectivity index (χ0) is 30.1. The summed E-state index contributed by atoms with van der Waals surface area (Å²) in [5.74, 6) is 0. The minimum absolute atomic E-state index is 0.176. The Morgan fingerprint density at radius 3 is 2.48 bits per heavy atom. The van der Waals surface area contributed by atoms with Gasteiger partial charge in [-0.25, -0.2) is 4.68 Å². The number of hydrogen-bond donors (Lipinski definition) is 2. The molecule has 0 unspecified atom stereocenters. The molecular formula is C32H41ClN8Si. The van der Waals surface area contributed by atoms with E-state index in [0.717, 1.165) is 60.1 Å². The van der Waals surface area contributed by atoms with Gasteiger partial charge in [0.05, 0.1) is 48.1 Å². The lowest BCUT2D eigenvalue weighted by atomic mass is 9.98. The van der Waals surface area contributed by atoms with E-state index in [-0.39, 0.29) is 11.6 Å². The summed E-state index contributed by atoms with van der Waals surface area (Å²) in [5.41, 5.74) is 4.87. The lowest BCUT2D eigenvalue weighted by Crippen LogP contribution is -2.46. The van der Waals surface area contributed by atoms with Crippen LogP contribution in [0.25, 0.3) is 10.9 Å². The zero-order valence-corrected chi connectivity index (χ0v) is 27.2. The van der Waals surface area contributed by atoms with Gasteiger partial charge in [0.15, 0.2) is 0 Å². The molecule has 1 saturated heterocycles.